The number of sulfone groups is 1. The quantitative estimate of drug-likeness (QED) is 0.391. The zero-order valence-electron chi connectivity index (χ0n) is 17.2. The largest absolute Gasteiger partial charge is 0.379 e. The lowest BCUT2D eigenvalue weighted by Crippen LogP contribution is -2.43. The maximum Gasteiger partial charge on any atom is 0.275 e. The Labute approximate surface area is 187 Å². The van der Waals surface area contributed by atoms with Gasteiger partial charge in [0.05, 0.1) is 39.6 Å². The van der Waals surface area contributed by atoms with Crippen molar-refractivity contribution >= 4 is 37.1 Å². The molecule has 0 aromatic heterocycles. The van der Waals surface area contributed by atoms with Gasteiger partial charge in [-0.25, -0.2) is 16.8 Å². The molecule has 174 valence electrons. The van der Waals surface area contributed by atoms with Gasteiger partial charge in [0.15, 0.2) is 9.84 Å². The number of nitro benzene ring substituents is 1. The summed E-state index contributed by atoms with van der Waals surface area (Å²) in [5, 5.41) is 11.3. The van der Waals surface area contributed by atoms with Crippen LogP contribution in [-0.4, -0.2) is 87.9 Å². The van der Waals surface area contributed by atoms with Crippen LogP contribution >= 0.6 is 11.6 Å². The molecular weight excluding hydrogens is 470 g/mol. The minimum atomic E-state index is -4.20. The van der Waals surface area contributed by atoms with E-state index in [4.69, 9.17) is 16.3 Å². The molecule has 0 aliphatic carbocycles. The first-order valence-corrected chi connectivity index (χ1v) is 13.6. The van der Waals surface area contributed by atoms with Gasteiger partial charge >= 0.3 is 0 Å². The van der Waals surface area contributed by atoms with E-state index >= 15 is 0 Å². The third-order valence-corrected chi connectivity index (χ3v) is 9.74. The number of rotatable bonds is 8. The molecule has 10 nitrogen and oxygen atoms in total. The van der Waals surface area contributed by atoms with E-state index in [0.29, 0.717) is 26.2 Å². The average molecular weight is 496 g/mol. The maximum atomic E-state index is 13.5. The Kier molecular flexibility index (Phi) is 7.59. The van der Waals surface area contributed by atoms with Crippen LogP contribution in [-0.2, 0) is 24.6 Å². The molecule has 2 aliphatic heterocycles. The lowest BCUT2D eigenvalue weighted by molar-refractivity contribution is -0.385. The molecule has 1 aromatic rings. The highest BCUT2D eigenvalue weighted by Gasteiger charge is 2.39. The van der Waals surface area contributed by atoms with Crippen molar-refractivity contribution in [2.75, 3.05) is 50.9 Å². The average Bonchev–Trinajstić information content (AvgIpc) is 3.06. The van der Waals surface area contributed by atoms with Crippen molar-refractivity contribution in [3.63, 3.8) is 0 Å². The molecule has 2 aliphatic rings. The van der Waals surface area contributed by atoms with Crippen molar-refractivity contribution in [1.29, 1.82) is 0 Å². The van der Waals surface area contributed by atoms with Crippen molar-refractivity contribution in [1.82, 2.24) is 9.21 Å². The molecule has 3 rings (SSSR count). The van der Waals surface area contributed by atoms with Crippen molar-refractivity contribution in [3.8, 4) is 0 Å². The lowest BCUT2D eigenvalue weighted by atomic mass is 10.2. The fraction of sp³-hybridized carbons (Fsp3) is 0.667. The van der Waals surface area contributed by atoms with Gasteiger partial charge in [-0.05, 0) is 32.4 Å². The molecule has 0 bridgehead atoms. The number of nitrogens with zero attached hydrogens (tertiary/aromatic N) is 3. The molecule has 1 aromatic carbocycles. The summed E-state index contributed by atoms with van der Waals surface area (Å²) < 4.78 is 57.5. The molecule has 0 spiro atoms. The van der Waals surface area contributed by atoms with Gasteiger partial charge in [-0.2, -0.15) is 4.31 Å². The third kappa shape index (κ3) is 5.74. The van der Waals surface area contributed by atoms with Crippen molar-refractivity contribution in [3.05, 3.63) is 32.8 Å². The minimum Gasteiger partial charge on any atom is -0.379 e. The second-order valence-corrected chi connectivity index (χ2v) is 12.3. The zero-order chi connectivity index (χ0) is 22.8. The van der Waals surface area contributed by atoms with Crippen LogP contribution < -0.4 is 0 Å². The number of sulfonamides is 1. The first-order valence-electron chi connectivity index (χ1n) is 9.98. The highest BCUT2D eigenvalue weighted by molar-refractivity contribution is 7.92. The monoisotopic (exact) mass is 495 g/mol. The van der Waals surface area contributed by atoms with E-state index < -0.39 is 36.5 Å². The van der Waals surface area contributed by atoms with Crippen LogP contribution in [0.3, 0.4) is 0 Å². The molecule has 2 heterocycles. The Hall–Kier alpha value is -1.31. The molecular formula is C18H26ClN3O7S2. The number of benzene rings is 1. The first-order chi connectivity index (χ1) is 14.5. The summed E-state index contributed by atoms with van der Waals surface area (Å²) >= 11 is 6.08. The predicted molar refractivity (Wildman–Crippen MR) is 116 cm³/mol. The molecule has 0 N–H and O–H groups in total. The summed E-state index contributed by atoms with van der Waals surface area (Å²) in [5.41, 5.74) is -0.216. The molecule has 0 saturated carbocycles. The standard InChI is InChI=1S/C18H26ClN3O7S2/c1-14-17(19)11-16(12-18(14)22(23)24)31(27,28)21(15-3-10-30(25,26)13-15)5-2-4-20-6-8-29-9-7-20/h11-12,15H,2-10,13H2,1H3. The summed E-state index contributed by atoms with van der Waals surface area (Å²) in [6, 6.07) is 1.48. The topological polar surface area (TPSA) is 127 Å². The van der Waals surface area contributed by atoms with Gasteiger partial charge in [0, 0.05) is 37.3 Å². The van der Waals surface area contributed by atoms with Crippen molar-refractivity contribution < 1.29 is 26.5 Å². The van der Waals surface area contributed by atoms with Gasteiger partial charge in [-0.1, -0.05) is 11.6 Å². The molecule has 1 atom stereocenters. The van der Waals surface area contributed by atoms with Gasteiger partial charge in [0.25, 0.3) is 5.69 Å². The molecule has 2 saturated heterocycles. The summed E-state index contributed by atoms with van der Waals surface area (Å²) in [6.07, 6.45) is 0.693. The fourth-order valence-electron chi connectivity index (χ4n) is 3.89. The Morgan fingerprint density at radius 1 is 1.32 bits per heavy atom. The minimum absolute atomic E-state index is 0.0277. The van der Waals surface area contributed by atoms with Gasteiger partial charge in [-0.3, -0.25) is 15.0 Å². The maximum absolute atomic E-state index is 13.5. The second kappa shape index (κ2) is 9.67. The highest BCUT2D eigenvalue weighted by Crippen LogP contribution is 2.33. The lowest BCUT2D eigenvalue weighted by Gasteiger charge is -2.30. The number of hydrogen-bond acceptors (Lipinski definition) is 8. The summed E-state index contributed by atoms with van der Waals surface area (Å²) in [7, 11) is -7.53. The van der Waals surface area contributed by atoms with Gasteiger partial charge in [0.2, 0.25) is 10.0 Å². The van der Waals surface area contributed by atoms with E-state index in [1.54, 1.807) is 0 Å². The van der Waals surface area contributed by atoms with Crippen LogP contribution in [0.5, 0.6) is 0 Å². The second-order valence-electron chi connectivity index (χ2n) is 7.79. The SMILES string of the molecule is Cc1c(Cl)cc(S(=O)(=O)N(CCCN2CCOCC2)C2CCS(=O)(=O)C2)cc1[N+](=O)[O-]. The highest BCUT2D eigenvalue weighted by atomic mass is 35.5. The zero-order valence-corrected chi connectivity index (χ0v) is 19.6. The normalized spacial score (nSPS) is 22.1. The van der Waals surface area contributed by atoms with E-state index in [1.165, 1.54) is 17.3 Å². The number of halogens is 1. The van der Waals surface area contributed by atoms with Crippen molar-refractivity contribution in [2.45, 2.75) is 30.7 Å². The van der Waals surface area contributed by atoms with E-state index in [9.17, 15) is 26.9 Å². The first kappa shape index (κ1) is 24.3. The van der Waals surface area contributed by atoms with Gasteiger partial charge < -0.3 is 4.74 Å². The van der Waals surface area contributed by atoms with E-state index in [2.05, 4.69) is 4.90 Å². The van der Waals surface area contributed by atoms with E-state index in [0.717, 1.165) is 19.2 Å². The summed E-state index contributed by atoms with van der Waals surface area (Å²) in [5.74, 6) is -0.340. The van der Waals surface area contributed by atoms with Gasteiger partial charge in [0.1, 0.15) is 0 Å². The summed E-state index contributed by atoms with van der Waals surface area (Å²) in [4.78, 5) is 12.5. The number of morpholine rings is 1. The Morgan fingerprint density at radius 2 is 2.00 bits per heavy atom. The molecule has 0 amide bonds. The molecule has 31 heavy (non-hydrogen) atoms. The van der Waals surface area contributed by atoms with Crippen LogP contribution in [0.4, 0.5) is 5.69 Å². The Balaban J connectivity index is 1.89. The van der Waals surface area contributed by atoms with Crippen LogP contribution in [0.15, 0.2) is 17.0 Å². The van der Waals surface area contributed by atoms with E-state index in [-0.39, 0.29) is 40.0 Å². The van der Waals surface area contributed by atoms with Crippen molar-refractivity contribution in [2.24, 2.45) is 0 Å². The van der Waals surface area contributed by atoms with Gasteiger partial charge in [-0.15, -0.1) is 0 Å². The summed E-state index contributed by atoms with van der Waals surface area (Å²) in [6.45, 7) is 4.95. The fourth-order valence-corrected chi connectivity index (χ4v) is 7.73. The van der Waals surface area contributed by atoms with E-state index in [1.807, 2.05) is 0 Å². The molecule has 1 unspecified atom stereocenters. The smallest absolute Gasteiger partial charge is 0.275 e. The number of nitro groups is 1. The van der Waals surface area contributed by atoms with Crippen LogP contribution in [0.2, 0.25) is 5.02 Å². The number of hydrogen-bond donors (Lipinski definition) is 0. The number of ether oxygens (including phenoxy) is 1. The Bertz CT molecular complexity index is 1040. The molecule has 13 heteroatoms. The Morgan fingerprint density at radius 3 is 2.58 bits per heavy atom. The predicted octanol–water partition coefficient (Wildman–Crippen LogP) is 1.46. The van der Waals surface area contributed by atoms with Crippen LogP contribution in [0.1, 0.15) is 18.4 Å². The van der Waals surface area contributed by atoms with Crippen LogP contribution in [0.25, 0.3) is 0 Å². The molecule has 2 fully saturated rings. The molecule has 0 radical (unpaired) electrons. The third-order valence-electron chi connectivity index (χ3n) is 5.67. The van der Waals surface area contributed by atoms with Crippen LogP contribution in [0, 0.1) is 17.0 Å².